The SMILES string of the molecule is CCC/C=C/Cc1cc2c(c(OC)c1OC)OCO2. The first-order valence-electron chi connectivity index (χ1n) is 6.50. The molecule has 0 saturated carbocycles. The summed E-state index contributed by atoms with van der Waals surface area (Å²) >= 11 is 0. The van der Waals surface area contributed by atoms with E-state index in [0.29, 0.717) is 17.2 Å². The Hall–Kier alpha value is -1.84. The van der Waals surface area contributed by atoms with Gasteiger partial charge in [-0.1, -0.05) is 25.5 Å². The van der Waals surface area contributed by atoms with Gasteiger partial charge in [-0.2, -0.15) is 0 Å². The average Bonchev–Trinajstić information content (AvgIpc) is 2.89. The van der Waals surface area contributed by atoms with Crippen LogP contribution >= 0.6 is 0 Å². The monoisotopic (exact) mass is 264 g/mol. The Kier molecular flexibility index (Phi) is 4.55. The fourth-order valence-corrected chi connectivity index (χ4v) is 2.10. The zero-order chi connectivity index (χ0) is 13.7. The van der Waals surface area contributed by atoms with Gasteiger partial charge in [-0.15, -0.1) is 0 Å². The quantitative estimate of drug-likeness (QED) is 0.738. The second kappa shape index (κ2) is 6.36. The summed E-state index contributed by atoms with van der Waals surface area (Å²) in [4.78, 5) is 0. The van der Waals surface area contributed by atoms with Crippen LogP contribution in [0.4, 0.5) is 0 Å². The van der Waals surface area contributed by atoms with E-state index in [1.807, 2.05) is 6.07 Å². The van der Waals surface area contributed by atoms with Gasteiger partial charge in [0.25, 0.3) is 0 Å². The normalized spacial score (nSPS) is 13.0. The molecule has 0 saturated heterocycles. The number of ether oxygens (including phenoxy) is 4. The van der Waals surface area contributed by atoms with Crippen LogP contribution in [0.3, 0.4) is 0 Å². The zero-order valence-electron chi connectivity index (χ0n) is 11.7. The van der Waals surface area contributed by atoms with E-state index in [0.717, 1.165) is 30.6 Å². The molecule has 1 aliphatic rings. The van der Waals surface area contributed by atoms with Gasteiger partial charge in [0.15, 0.2) is 11.5 Å². The Balaban J connectivity index is 2.32. The summed E-state index contributed by atoms with van der Waals surface area (Å²) in [5.41, 5.74) is 1.04. The van der Waals surface area contributed by atoms with Crippen molar-refractivity contribution < 1.29 is 18.9 Å². The molecule has 0 spiro atoms. The van der Waals surface area contributed by atoms with E-state index in [1.54, 1.807) is 14.2 Å². The van der Waals surface area contributed by atoms with Crippen LogP contribution in [-0.4, -0.2) is 21.0 Å². The predicted molar refractivity (Wildman–Crippen MR) is 73.4 cm³/mol. The maximum atomic E-state index is 5.46. The number of methoxy groups -OCH3 is 2. The molecule has 104 valence electrons. The molecule has 0 unspecified atom stereocenters. The average molecular weight is 264 g/mol. The molecule has 0 bridgehead atoms. The summed E-state index contributed by atoms with van der Waals surface area (Å²) in [5, 5.41) is 0. The Bertz CT molecular complexity index is 466. The predicted octanol–water partition coefficient (Wildman–Crippen LogP) is 3.33. The summed E-state index contributed by atoms with van der Waals surface area (Å²) < 4.78 is 21.7. The molecule has 0 amide bonds. The van der Waals surface area contributed by atoms with E-state index in [9.17, 15) is 0 Å². The molecular formula is C15H20O4. The highest BCUT2D eigenvalue weighted by Crippen LogP contribution is 2.49. The highest BCUT2D eigenvalue weighted by atomic mass is 16.7. The molecule has 0 N–H and O–H groups in total. The molecule has 4 heteroatoms. The minimum Gasteiger partial charge on any atom is -0.492 e. The van der Waals surface area contributed by atoms with Crippen molar-refractivity contribution in [3.8, 4) is 23.0 Å². The minimum atomic E-state index is 0.226. The topological polar surface area (TPSA) is 36.9 Å². The molecule has 19 heavy (non-hydrogen) atoms. The highest BCUT2D eigenvalue weighted by Gasteiger charge is 2.25. The van der Waals surface area contributed by atoms with Crippen molar-refractivity contribution >= 4 is 0 Å². The number of fused-ring (bicyclic) bond motifs is 1. The Labute approximate surface area is 113 Å². The van der Waals surface area contributed by atoms with Crippen molar-refractivity contribution in [1.82, 2.24) is 0 Å². The van der Waals surface area contributed by atoms with Gasteiger partial charge in [-0.05, 0) is 18.9 Å². The number of rotatable bonds is 6. The van der Waals surface area contributed by atoms with Crippen LogP contribution in [0.5, 0.6) is 23.0 Å². The lowest BCUT2D eigenvalue weighted by Gasteiger charge is -2.13. The molecule has 2 rings (SSSR count). The van der Waals surface area contributed by atoms with Crippen LogP contribution in [-0.2, 0) is 6.42 Å². The van der Waals surface area contributed by atoms with E-state index < -0.39 is 0 Å². The van der Waals surface area contributed by atoms with Crippen molar-refractivity contribution in [2.75, 3.05) is 21.0 Å². The number of hydrogen-bond donors (Lipinski definition) is 0. The summed E-state index contributed by atoms with van der Waals surface area (Å²) in [6.45, 7) is 2.39. The van der Waals surface area contributed by atoms with Gasteiger partial charge in [0.2, 0.25) is 18.3 Å². The Morgan fingerprint density at radius 2 is 1.95 bits per heavy atom. The van der Waals surface area contributed by atoms with Crippen molar-refractivity contribution in [2.45, 2.75) is 26.2 Å². The first kappa shape index (κ1) is 13.6. The van der Waals surface area contributed by atoms with Crippen LogP contribution in [0.1, 0.15) is 25.3 Å². The third kappa shape index (κ3) is 2.78. The minimum absolute atomic E-state index is 0.226. The number of unbranched alkanes of at least 4 members (excludes halogenated alkanes) is 1. The van der Waals surface area contributed by atoms with E-state index in [1.165, 1.54) is 0 Å². The van der Waals surface area contributed by atoms with E-state index >= 15 is 0 Å². The zero-order valence-corrected chi connectivity index (χ0v) is 11.7. The maximum Gasteiger partial charge on any atom is 0.231 e. The lowest BCUT2D eigenvalue weighted by molar-refractivity contribution is 0.170. The van der Waals surface area contributed by atoms with Gasteiger partial charge < -0.3 is 18.9 Å². The van der Waals surface area contributed by atoms with Gasteiger partial charge in [-0.3, -0.25) is 0 Å². The third-order valence-electron chi connectivity index (χ3n) is 3.02. The maximum absolute atomic E-state index is 5.46. The molecule has 1 heterocycles. The van der Waals surface area contributed by atoms with Crippen molar-refractivity contribution in [3.05, 3.63) is 23.8 Å². The molecule has 1 aliphatic heterocycles. The molecule has 1 aromatic carbocycles. The van der Waals surface area contributed by atoms with Crippen molar-refractivity contribution in [3.63, 3.8) is 0 Å². The largest absolute Gasteiger partial charge is 0.492 e. The van der Waals surface area contributed by atoms with Gasteiger partial charge in [-0.25, -0.2) is 0 Å². The molecule has 0 radical (unpaired) electrons. The lowest BCUT2D eigenvalue weighted by atomic mass is 10.1. The number of hydrogen-bond acceptors (Lipinski definition) is 4. The summed E-state index contributed by atoms with van der Waals surface area (Å²) in [6.07, 6.45) is 7.35. The fourth-order valence-electron chi connectivity index (χ4n) is 2.10. The van der Waals surface area contributed by atoms with Crippen LogP contribution in [0.2, 0.25) is 0 Å². The molecule has 1 aromatic rings. The Morgan fingerprint density at radius 3 is 2.63 bits per heavy atom. The standard InChI is InChI=1S/C15H20O4/c1-4-5-6-7-8-11-9-12-14(19-10-18-12)15(17-3)13(11)16-2/h6-7,9H,4-5,8,10H2,1-3H3/b7-6+. The van der Waals surface area contributed by atoms with Crippen molar-refractivity contribution in [1.29, 1.82) is 0 Å². The van der Waals surface area contributed by atoms with Gasteiger partial charge >= 0.3 is 0 Å². The summed E-state index contributed by atoms with van der Waals surface area (Å²) in [6, 6.07) is 1.96. The van der Waals surface area contributed by atoms with Crippen LogP contribution in [0.15, 0.2) is 18.2 Å². The number of benzene rings is 1. The van der Waals surface area contributed by atoms with E-state index in [-0.39, 0.29) is 6.79 Å². The van der Waals surface area contributed by atoms with E-state index in [2.05, 4.69) is 19.1 Å². The number of allylic oxidation sites excluding steroid dienone is 2. The van der Waals surface area contributed by atoms with Gasteiger partial charge in [0.1, 0.15) is 0 Å². The van der Waals surface area contributed by atoms with Crippen LogP contribution in [0, 0.1) is 0 Å². The Morgan fingerprint density at radius 1 is 1.16 bits per heavy atom. The molecule has 0 aromatic heterocycles. The van der Waals surface area contributed by atoms with Crippen LogP contribution in [0.25, 0.3) is 0 Å². The first-order valence-corrected chi connectivity index (χ1v) is 6.50. The van der Waals surface area contributed by atoms with Gasteiger partial charge in [0.05, 0.1) is 14.2 Å². The lowest BCUT2D eigenvalue weighted by Crippen LogP contribution is -1.97. The smallest absolute Gasteiger partial charge is 0.231 e. The highest BCUT2D eigenvalue weighted by molar-refractivity contribution is 5.64. The summed E-state index contributed by atoms with van der Waals surface area (Å²) in [7, 11) is 3.25. The summed E-state index contributed by atoms with van der Waals surface area (Å²) in [5.74, 6) is 2.67. The first-order chi connectivity index (χ1) is 9.31. The molecule has 4 nitrogen and oxygen atoms in total. The molecular weight excluding hydrogens is 244 g/mol. The second-order valence-electron chi connectivity index (χ2n) is 4.30. The molecule has 0 aliphatic carbocycles. The van der Waals surface area contributed by atoms with Crippen LogP contribution < -0.4 is 18.9 Å². The van der Waals surface area contributed by atoms with Gasteiger partial charge in [0, 0.05) is 5.56 Å². The third-order valence-corrected chi connectivity index (χ3v) is 3.02. The van der Waals surface area contributed by atoms with E-state index in [4.69, 9.17) is 18.9 Å². The second-order valence-corrected chi connectivity index (χ2v) is 4.30. The molecule has 0 fully saturated rings. The molecule has 0 atom stereocenters. The fraction of sp³-hybridized carbons (Fsp3) is 0.467. The van der Waals surface area contributed by atoms with Crippen molar-refractivity contribution in [2.24, 2.45) is 0 Å².